The highest BCUT2D eigenvalue weighted by Crippen LogP contribution is 2.34. The van der Waals surface area contributed by atoms with Gasteiger partial charge >= 0.3 is 0 Å². The van der Waals surface area contributed by atoms with E-state index in [9.17, 15) is 14.9 Å². The Morgan fingerprint density at radius 2 is 1.89 bits per heavy atom. The van der Waals surface area contributed by atoms with Crippen LogP contribution in [-0.4, -0.2) is 34.6 Å². The Balaban J connectivity index is 1.89. The van der Waals surface area contributed by atoms with Gasteiger partial charge in [0, 0.05) is 13.1 Å². The summed E-state index contributed by atoms with van der Waals surface area (Å²) in [6, 6.07) is 10.0. The fourth-order valence-electron chi connectivity index (χ4n) is 2.81. The minimum absolute atomic E-state index is 0.114. The van der Waals surface area contributed by atoms with Crippen LogP contribution < -0.4 is 14.8 Å². The number of ether oxygens (including phenoxy) is 2. The summed E-state index contributed by atoms with van der Waals surface area (Å²) in [6.07, 6.45) is 0. The molecule has 1 heterocycles. The lowest BCUT2D eigenvalue weighted by atomic mass is 10.1. The molecule has 0 bridgehead atoms. The molecule has 1 N–H and O–H groups in total. The third kappa shape index (κ3) is 3.39. The molecular formula is C18H18N4O5. The molecule has 9 heteroatoms. The van der Waals surface area contributed by atoms with Crippen LogP contribution in [0.2, 0.25) is 0 Å². The van der Waals surface area contributed by atoms with Crippen LogP contribution >= 0.6 is 0 Å². The number of methoxy groups -OCH3 is 2. The monoisotopic (exact) mass is 370 g/mol. The molecule has 3 aromatic rings. The molecule has 140 valence electrons. The van der Waals surface area contributed by atoms with E-state index >= 15 is 0 Å². The Morgan fingerprint density at radius 3 is 2.52 bits per heavy atom. The number of aromatic nitrogens is 2. The maximum Gasteiger partial charge on any atom is 0.286 e. The molecule has 3 rings (SSSR count). The van der Waals surface area contributed by atoms with Crippen molar-refractivity contribution in [1.82, 2.24) is 14.9 Å². The molecule has 1 aromatic heterocycles. The lowest BCUT2D eigenvalue weighted by Gasteiger charge is -2.11. The highest BCUT2D eigenvalue weighted by Gasteiger charge is 2.24. The number of fused-ring (bicyclic) bond motifs is 1. The van der Waals surface area contributed by atoms with Crippen LogP contribution in [0.15, 0.2) is 36.4 Å². The number of nitro groups is 1. The Hall–Kier alpha value is -3.62. The van der Waals surface area contributed by atoms with Crippen molar-refractivity contribution in [2.24, 2.45) is 7.05 Å². The predicted octanol–water partition coefficient (Wildman–Crippen LogP) is 2.43. The number of nitro benzene ring substituents is 1. The van der Waals surface area contributed by atoms with Crippen molar-refractivity contribution in [1.29, 1.82) is 0 Å². The molecule has 0 saturated carbocycles. The summed E-state index contributed by atoms with van der Waals surface area (Å²) in [4.78, 5) is 27.8. The first-order chi connectivity index (χ1) is 13.0. The van der Waals surface area contributed by atoms with Gasteiger partial charge in [0.15, 0.2) is 11.5 Å². The highest BCUT2D eigenvalue weighted by atomic mass is 16.6. The third-order valence-corrected chi connectivity index (χ3v) is 4.23. The van der Waals surface area contributed by atoms with Gasteiger partial charge in [0.25, 0.3) is 11.6 Å². The van der Waals surface area contributed by atoms with E-state index in [2.05, 4.69) is 10.3 Å². The van der Waals surface area contributed by atoms with Crippen LogP contribution in [0.4, 0.5) is 5.69 Å². The van der Waals surface area contributed by atoms with E-state index in [1.807, 2.05) is 35.9 Å². The second-order valence-electron chi connectivity index (χ2n) is 5.74. The number of nitrogens with zero attached hydrogens (tertiary/aromatic N) is 3. The van der Waals surface area contributed by atoms with Gasteiger partial charge in [0.1, 0.15) is 11.4 Å². The number of aryl methyl sites for hydroxylation is 1. The summed E-state index contributed by atoms with van der Waals surface area (Å²) < 4.78 is 12.1. The number of hydrogen-bond donors (Lipinski definition) is 1. The van der Waals surface area contributed by atoms with Crippen LogP contribution in [0.25, 0.3) is 11.0 Å². The van der Waals surface area contributed by atoms with Gasteiger partial charge in [0.2, 0.25) is 0 Å². The van der Waals surface area contributed by atoms with E-state index < -0.39 is 10.8 Å². The molecule has 1 amide bonds. The van der Waals surface area contributed by atoms with Crippen LogP contribution in [0.5, 0.6) is 11.5 Å². The molecule has 9 nitrogen and oxygen atoms in total. The Morgan fingerprint density at radius 1 is 1.22 bits per heavy atom. The average molecular weight is 370 g/mol. The molecule has 0 saturated heterocycles. The van der Waals surface area contributed by atoms with Crippen LogP contribution in [0.3, 0.4) is 0 Å². The topological polar surface area (TPSA) is 109 Å². The summed E-state index contributed by atoms with van der Waals surface area (Å²) in [5, 5.41) is 14.0. The zero-order valence-corrected chi connectivity index (χ0v) is 15.1. The van der Waals surface area contributed by atoms with E-state index in [1.54, 1.807) is 0 Å². The van der Waals surface area contributed by atoms with Crippen molar-refractivity contribution in [2.45, 2.75) is 6.54 Å². The first-order valence-electron chi connectivity index (χ1n) is 8.05. The van der Waals surface area contributed by atoms with Crippen molar-refractivity contribution >= 4 is 22.6 Å². The normalized spacial score (nSPS) is 10.6. The van der Waals surface area contributed by atoms with E-state index in [0.717, 1.165) is 11.0 Å². The number of rotatable bonds is 6. The number of carbonyl (C=O) groups is 1. The van der Waals surface area contributed by atoms with Gasteiger partial charge in [-0.05, 0) is 12.1 Å². The van der Waals surface area contributed by atoms with Crippen molar-refractivity contribution in [3.63, 3.8) is 0 Å². The van der Waals surface area contributed by atoms with Gasteiger partial charge in [-0.2, -0.15) is 0 Å². The highest BCUT2D eigenvalue weighted by molar-refractivity contribution is 5.99. The second kappa shape index (κ2) is 7.32. The molecule has 2 aromatic carbocycles. The average Bonchev–Trinajstić information content (AvgIpc) is 3.00. The number of amides is 1. The molecule has 27 heavy (non-hydrogen) atoms. The van der Waals surface area contributed by atoms with Crippen LogP contribution in [0, 0.1) is 10.1 Å². The SMILES string of the molecule is COc1cc(C(=O)NCc2nc3ccccc3n2C)c([N+](=O)[O-])cc1OC. The van der Waals surface area contributed by atoms with Gasteiger partial charge in [-0.15, -0.1) is 0 Å². The quantitative estimate of drug-likeness (QED) is 0.527. The second-order valence-corrected chi connectivity index (χ2v) is 5.74. The molecule has 0 spiro atoms. The van der Waals surface area contributed by atoms with Crippen LogP contribution in [-0.2, 0) is 13.6 Å². The number of benzene rings is 2. The van der Waals surface area contributed by atoms with Gasteiger partial charge in [0.05, 0.1) is 42.8 Å². The molecular weight excluding hydrogens is 352 g/mol. The smallest absolute Gasteiger partial charge is 0.286 e. The Bertz CT molecular complexity index is 1030. The maximum atomic E-state index is 12.6. The number of hydrogen-bond acceptors (Lipinski definition) is 6. The van der Waals surface area contributed by atoms with Gasteiger partial charge < -0.3 is 19.4 Å². The molecule has 0 radical (unpaired) electrons. The molecule has 0 aliphatic heterocycles. The fraction of sp³-hybridized carbons (Fsp3) is 0.222. The van der Waals surface area contributed by atoms with E-state index in [4.69, 9.17) is 9.47 Å². The van der Waals surface area contributed by atoms with Crippen molar-refractivity contribution in [3.8, 4) is 11.5 Å². The van der Waals surface area contributed by atoms with Gasteiger partial charge in [-0.1, -0.05) is 12.1 Å². The van der Waals surface area contributed by atoms with Crippen molar-refractivity contribution in [2.75, 3.05) is 14.2 Å². The fourth-order valence-corrected chi connectivity index (χ4v) is 2.81. The van der Waals surface area contributed by atoms with Gasteiger partial charge in [-0.25, -0.2) is 4.98 Å². The predicted molar refractivity (Wildman–Crippen MR) is 98.1 cm³/mol. The largest absolute Gasteiger partial charge is 0.493 e. The first-order valence-corrected chi connectivity index (χ1v) is 8.05. The summed E-state index contributed by atoms with van der Waals surface area (Å²) in [5.74, 6) is 0.439. The number of para-hydroxylation sites is 2. The van der Waals surface area contributed by atoms with E-state index in [-0.39, 0.29) is 29.3 Å². The van der Waals surface area contributed by atoms with Crippen LogP contribution in [0.1, 0.15) is 16.2 Å². The number of nitrogens with one attached hydrogen (secondary N) is 1. The summed E-state index contributed by atoms with van der Waals surface area (Å²) in [7, 11) is 4.60. The van der Waals surface area contributed by atoms with Gasteiger partial charge in [-0.3, -0.25) is 14.9 Å². The third-order valence-electron chi connectivity index (χ3n) is 4.23. The van der Waals surface area contributed by atoms with Crippen molar-refractivity contribution < 1.29 is 19.2 Å². The zero-order chi connectivity index (χ0) is 19.6. The minimum atomic E-state index is -0.633. The number of imidazole rings is 1. The summed E-state index contributed by atoms with van der Waals surface area (Å²) >= 11 is 0. The lowest BCUT2D eigenvalue weighted by Crippen LogP contribution is -2.25. The Labute approximate surface area is 154 Å². The lowest BCUT2D eigenvalue weighted by molar-refractivity contribution is -0.385. The molecule has 0 atom stereocenters. The van der Waals surface area contributed by atoms with E-state index in [0.29, 0.717) is 5.82 Å². The molecule has 0 fully saturated rings. The Kier molecular flexibility index (Phi) is 4.93. The first kappa shape index (κ1) is 18.2. The standard InChI is InChI=1S/C18H18N4O5/c1-21-13-7-5-4-6-12(13)20-17(21)10-19-18(23)11-8-15(26-2)16(27-3)9-14(11)22(24)25/h4-9H,10H2,1-3H3,(H,19,23). The summed E-state index contributed by atoms with van der Waals surface area (Å²) in [6.45, 7) is 0.121. The van der Waals surface area contributed by atoms with Crippen molar-refractivity contribution in [3.05, 3.63) is 57.9 Å². The minimum Gasteiger partial charge on any atom is -0.493 e. The maximum absolute atomic E-state index is 12.6. The zero-order valence-electron chi connectivity index (χ0n) is 15.1. The molecule has 0 aliphatic carbocycles. The molecule has 0 aliphatic rings. The number of carbonyl (C=O) groups excluding carboxylic acids is 1. The van der Waals surface area contributed by atoms with E-state index in [1.165, 1.54) is 26.4 Å². The molecule has 0 unspecified atom stereocenters. The summed E-state index contributed by atoms with van der Waals surface area (Å²) in [5.41, 5.74) is 1.26.